The van der Waals surface area contributed by atoms with E-state index in [0.717, 1.165) is 28.1 Å². The van der Waals surface area contributed by atoms with Gasteiger partial charge in [-0.05, 0) is 61.4 Å². The number of aryl methyl sites for hydroxylation is 4. The molecular formula is C21H26N4O2. The van der Waals surface area contributed by atoms with Crippen molar-refractivity contribution in [3.8, 4) is 0 Å². The minimum Gasteiger partial charge on any atom is -0.455 e. The van der Waals surface area contributed by atoms with Gasteiger partial charge >= 0.3 is 5.97 Å². The van der Waals surface area contributed by atoms with Crippen molar-refractivity contribution in [2.75, 3.05) is 0 Å². The van der Waals surface area contributed by atoms with Crippen molar-refractivity contribution in [3.05, 3.63) is 57.7 Å². The normalized spacial score (nSPS) is 11.8. The molecule has 0 aliphatic heterocycles. The molecule has 0 amide bonds. The van der Waals surface area contributed by atoms with Crippen LogP contribution in [0.3, 0.4) is 0 Å². The van der Waals surface area contributed by atoms with E-state index in [1.54, 1.807) is 4.52 Å². The van der Waals surface area contributed by atoms with Gasteiger partial charge in [-0.2, -0.15) is 4.98 Å². The molecule has 3 rings (SSSR count). The van der Waals surface area contributed by atoms with E-state index in [1.165, 1.54) is 5.56 Å². The third-order valence-electron chi connectivity index (χ3n) is 4.71. The van der Waals surface area contributed by atoms with Gasteiger partial charge in [0.2, 0.25) is 0 Å². The lowest BCUT2D eigenvalue weighted by atomic mass is 9.84. The Morgan fingerprint density at radius 2 is 1.67 bits per heavy atom. The Morgan fingerprint density at radius 1 is 1.04 bits per heavy atom. The Labute approximate surface area is 159 Å². The number of carbonyl (C=O) groups is 1. The van der Waals surface area contributed by atoms with Crippen LogP contribution in [-0.4, -0.2) is 25.6 Å². The summed E-state index contributed by atoms with van der Waals surface area (Å²) in [6.45, 7) is 14.6. The number of hydrogen-bond acceptors (Lipinski definition) is 5. The van der Waals surface area contributed by atoms with Crippen molar-refractivity contribution >= 4 is 11.7 Å². The van der Waals surface area contributed by atoms with E-state index < -0.39 is 5.97 Å². The van der Waals surface area contributed by atoms with Crippen LogP contribution >= 0.6 is 0 Å². The molecule has 0 radical (unpaired) electrons. The molecule has 0 aliphatic rings. The van der Waals surface area contributed by atoms with Crippen LogP contribution < -0.4 is 0 Å². The van der Waals surface area contributed by atoms with Gasteiger partial charge in [-0.15, -0.1) is 5.10 Å². The van der Waals surface area contributed by atoms with Crippen LogP contribution in [0.1, 0.15) is 65.0 Å². The molecule has 0 saturated carbocycles. The van der Waals surface area contributed by atoms with Gasteiger partial charge in [-0.25, -0.2) is 14.3 Å². The Kier molecular flexibility index (Phi) is 4.76. The first-order valence-electron chi connectivity index (χ1n) is 9.05. The smallest absolute Gasteiger partial charge is 0.378 e. The molecule has 2 aromatic heterocycles. The maximum Gasteiger partial charge on any atom is 0.378 e. The second-order valence-electron chi connectivity index (χ2n) is 8.10. The minimum atomic E-state index is -0.545. The molecule has 3 aromatic rings. The predicted molar refractivity (Wildman–Crippen MR) is 104 cm³/mol. The van der Waals surface area contributed by atoms with E-state index in [4.69, 9.17) is 4.74 Å². The summed E-state index contributed by atoms with van der Waals surface area (Å²) < 4.78 is 7.05. The molecule has 0 saturated heterocycles. The van der Waals surface area contributed by atoms with E-state index in [1.807, 2.05) is 33.8 Å². The molecule has 0 bridgehead atoms. The van der Waals surface area contributed by atoms with Crippen LogP contribution in [0.2, 0.25) is 0 Å². The SMILES string of the molecule is Cc1cc(C)n2nc(C(=O)OCc3c(C)cc(C(C)(C)C)cc3C)nc2n1. The highest BCUT2D eigenvalue weighted by Crippen LogP contribution is 2.27. The lowest BCUT2D eigenvalue weighted by Crippen LogP contribution is -2.14. The van der Waals surface area contributed by atoms with Crippen LogP contribution in [0.25, 0.3) is 5.78 Å². The average Bonchev–Trinajstić information content (AvgIpc) is 2.97. The Bertz CT molecular complexity index is 1010. The molecule has 0 spiro atoms. The first-order valence-corrected chi connectivity index (χ1v) is 9.05. The number of carbonyl (C=O) groups excluding carboxylic acids is 1. The first kappa shape index (κ1) is 19.0. The number of benzene rings is 1. The third-order valence-corrected chi connectivity index (χ3v) is 4.71. The van der Waals surface area contributed by atoms with Gasteiger partial charge in [0.1, 0.15) is 6.61 Å². The van der Waals surface area contributed by atoms with Crippen LogP contribution in [0.4, 0.5) is 0 Å². The van der Waals surface area contributed by atoms with Gasteiger partial charge in [-0.3, -0.25) is 0 Å². The molecule has 1 aromatic carbocycles. The van der Waals surface area contributed by atoms with Gasteiger partial charge < -0.3 is 4.74 Å². The summed E-state index contributed by atoms with van der Waals surface area (Å²) in [5, 5.41) is 4.23. The van der Waals surface area contributed by atoms with Crippen LogP contribution in [0.5, 0.6) is 0 Å². The number of fused-ring (bicyclic) bond motifs is 1. The molecule has 6 nitrogen and oxygen atoms in total. The van der Waals surface area contributed by atoms with Gasteiger partial charge in [-0.1, -0.05) is 32.9 Å². The van der Waals surface area contributed by atoms with Gasteiger partial charge in [0.05, 0.1) is 0 Å². The summed E-state index contributed by atoms with van der Waals surface area (Å²) in [6.07, 6.45) is 0. The van der Waals surface area contributed by atoms with Crippen molar-refractivity contribution in [2.24, 2.45) is 0 Å². The molecule has 0 unspecified atom stereocenters. The van der Waals surface area contributed by atoms with Crippen LogP contribution in [0.15, 0.2) is 18.2 Å². The average molecular weight is 366 g/mol. The van der Waals surface area contributed by atoms with Crippen molar-refractivity contribution < 1.29 is 9.53 Å². The summed E-state index contributed by atoms with van der Waals surface area (Å²) in [4.78, 5) is 20.9. The standard InChI is InChI=1S/C21H26N4O2/c1-12-8-16(21(5,6)7)9-13(2)17(12)11-27-19(26)18-23-20-22-14(3)10-15(4)25(20)24-18/h8-10H,11H2,1-7H3. The fraction of sp³-hybridized carbons (Fsp3) is 0.429. The summed E-state index contributed by atoms with van der Waals surface area (Å²) in [5.41, 5.74) is 6.30. The number of nitrogens with zero attached hydrogens (tertiary/aromatic N) is 4. The van der Waals surface area contributed by atoms with Gasteiger partial charge in [0, 0.05) is 11.4 Å². The van der Waals surface area contributed by atoms with Crippen molar-refractivity contribution in [2.45, 2.75) is 60.5 Å². The number of ether oxygens (including phenoxy) is 1. The first-order chi connectivity index (χ1) is 12.6. The number of rotatable bonds is 3. The van der Waals surface area contributed by atoms with Crippen LogP contribution in [0, 0.1) is 27.7 Å². The Morgan fingerprint density at radius 3 is 2.26 bits per heavy atom. The van der Waals surface area contributed by atoms with E-state index in [0.29, 0.717) is 5.78 Å². The molecule has 27 heavy (non-hydrogen) atoms. The van der Waals surface area contributed by atoms with Gasteiger partial charge in [0.25, 0.3) is 11.6 Å². The zero-order valence-electron chi connectivity index (χ0n) is 17.0. The highest BCUT2D eigenvalue weighted by molar-refractivity contribution is 5.85. The van der Waals surface area contributed by atoms with Crippen molar-refractivity contribution in [1.82, 2.24) is 19.6 Å². The monoisotopic (exact) mass is 366 g/mol. The second-order valence-corrected chi connectivity index (χ2v) is 8.10. The summed E-state index contributed by atoms with van der Waals surface area (Å²) in [7, 11) is 0. The molecule has 2 heterocycles. The van der Waals surface area contributed by atoms with Crippen LogP contribution in [-0.2, 0) is 16.8 Å². The number of hydrogen-bond donors (Lipinski definition) is 0. The molecule has 0 fully saturated rings. The van der Waals surface area contributed by atoms with E-state index in [9.17, 15) is 4.79 Å². The predicted octanol–water partition coefficient (Wildman–Crippen LogP) is 4.01. The molecule has 142 valence electrons. The van der Waals surface area contributed by atoms with E-state index in [-0.39, 0.29) is 17.8 Å². The Balaban J connectivity index is 1.81. The maximum atomic E-state index is 12.4. The zero-order chi connectivity index (χ0) is 19.9. The lowest BCUT2D eigenvalue weighted by Gasteiger charge is -2.22. The van der Waals surface area contributed by atoms with E-state index in [2.05, 4.69) is 48.0 Å². The quantitative estimate of drug-likeness (QED) is 0.655. The highest BCUT2D eigenvalue weighted by atomic mass is 16.5. The molecule has 0 N–H and O–H groups in total. The third kappa shape index (κ3) is 3.84. The molecule has 6 heteroatoms. The largest absolute Gasteiger partial charge is 0.455 e. The molecule has 0 aliphatic carbocycles. The fourth-order valence-corrected chi connectivity index (χ4v) is 3.11. The topological polar surface area (TPSA) is 69.4 Å². The summed E-state index contributed by atoms with van der Waals surface area (Å²) in [6, 6.07) is 6.21. The van der Waals surface area contributed by atoms with Crippen molar-refractivity contribution in [1.29, 1.82) is 0 Å². The molecule has 0 atom stereocenters. The number of esters is 1. The zero-order valence-corrected chi connectivity index (χ0v) is 17.0. The molecular weight excluding hydrogens is 340 g/mol. The number of aromatic nitrogens is 4. The summed E-state index contributed by atoms with van der Waals surface area (Å²) in [5.74, 6) is -0.115. The second kappa shape index (κ2) is 6.76. The maximum absolute atomic E-state index is 12.4. The summed E-state index contributed by atoms with van der Waals surface area (Å²) >= 11 is 0. The van der Waals surface area contributed by atoms with E-state index >= 15 is 0 Å². The highest BCUT2D eigenvalue weighted by Gasteiger charge is 2.19. The minimum absolute atomic E-state index is 0.0258. The Hall–Kier alpha value is -2.76. The van der Waals surface area contributed by atoms with Crippen molar-refractivity contribution in [3.63, 3.8) is 0 Å². The lowest BCUT2D eigenvalue weighted by molar-refractivity contribution is 0.0457. The fourth-order valence-electron chi connectivity index (χ4n) is 3.11. The van der Waals surface area contributed by atoms with Gasteiger partial charge in [0.15, 0.2) is 0 Å².